The highest BCUT2D eigenvalue weighted by atomic mass is 19.4. The summed E-state index contributed by atoms with van der Waals surface area (Å²) in [6.45, 7) is 3.13. The molecule has 2 N–H and O–H groups in total. The van der Waals surface area contributed by atoms with E-state index in [9.17, 15) is 18.0 Å². The van der Waals surface area contributed by atoms with E-state index in [1.54, 1.807) is 25.1 Å². The summed E-state index contributed by atoms with van der Waals surface area (Å²) in [4.78, 5) is 12.2. The van der Waals surface area contributed by atoms with Gasteiger partial charge in [-0.2, -0.15) is 18.4 Å². The third-order valence-corrected chi connectivity index (χ3v) is 3.58. The molecule has 1 aromatic carbocycles. The number of nitriles is 1. The van der Waals surface area contributed by atoms with E-state index in [-0.39, 0.29) is 0 Å². The molecule has 1 heterocycles. The maximum absolute atomic E-state index is 12.7. The lowest BCUT2D eigenvalue weighted by Crippen LogP contribution is -2.47. The lowest BCUT2D eigenvalue weighted by atomic mass is 9.95. The fourth-order valence-electron chi connectivity index (χ4n) is 2.19. The Morgan fingerprint density at radius 2 is 2.14 bits per heavy atom. The summed E-state index contributed by atoms with van der Waals surface area (Å²) in [7, 11) is 0. The average molecular weight is 309 g/mol. The van der Waals surface area contributed by atoms with Gasteiger partial charge in [-0.3, -0.25) is 4.79 Å². The van der Waals surface area contributed by atoms with E-state index in [0.29, 0.717) is 16.8 Å². The maximum Gasteiger partial charge on any atom is 0.414 e. The number of benzene rings is 1. The number of hydrogen-bond acceptors (Lipinski definition) is 3. The molecule has 0 saturated heterocycles. The zero-order valence-electron chi connectivity index (χ0n) is 12.0. The third-order valence-electron chi connectivity index (χ3n) is 3.58. The highest BCUT2D eigenvalue weighted by Gasteiger charge is 2.45. The van der Waals surface area contributed by atoms with Gasteiger partial charge < -0.3 is 10.6 Å². The standard InChI is InChI=1S/C15H14F3N3O/c1-9-5-12(4-3-10(9)7-19)21-13(22)14(2)6-11(8-20-14)15(16,17)18/h3-5,8,20H,6H2,1-2H3,(H,21,22). The Hall–Kier alpha value is -2.49. The van der Waals surface area contributed by atoms with Crippen molar-refractivity contribution in [3.8, 4) is 6.07 Å². The van der Waals surface area contributed by atoms with E-state index >= 15 is 0 Å². The van der Waals surface area contributed by atoms with Crippen LogP contribution in [-0.2, 0) is 4.79 Å². The molecule has 0 bridgehead atoms. The topological polar surface area (TPSA) is 64.9 Å². The number of halogens is 3. The SMILES string of the molecule is Cc1cc(NC(=O)C2(C)CC(C(F)(F)F)=CN2)ccc1C#N. The Labute approximate surface area is 125 Å². The fraction of sp³-hybridized carbons (Fsp3) is 0.333. The highest BCUT2D eigenvalue weighted by molar-refractivity contribution is 5.98. The van der Waals surface area contributed by atoms with Crippen LogP contribution in [0, 0.1) is 18.3 Å². The van der Waals surface area contributed by atoms with Crippen LogP contribution in [0.15, 0.2) is 30.0 Å². The molecule has 1 aromatic rings. The summed E-state index contributed by atoms with van der Waals surface area (Å²) in [5.74, 6) is -0.563. The van der Waals surface area contributed by atoms with Crippen LogP contribution in [0.1, 0.15) is 24.5 Å². The van der Waals surface area contributed by atoms with Gasteiger partial charge in [0, 0.05) is 18.3 Å². The van der Waals surface area contributed by atoms with Gasteiger partial charge in [-0.25, -0.2) is 0 Å². The predicted octanol–water partition coefficient (Wildman–Crippen LogP) is 3.00. The van der Waals surface area contributed by atoms with E-state index in [1.807, 2.05) is 6.07 Å². The van der Waals surface area contributed by atoms with E-state index in [0.717, 1.165) is 6.20 Å². The first kappa shape index (κ1) is 15.9. The summed E-state index contributed by atoms with van der Waals surface area (Å²) in [6, 6.07) is 6.70. The first-order valence-electron chi connectivity index (χ1n) is 6.52. The largest absolute Gasteiger partial charge is 0.414 e. The van der Waals surface area contributed by atoms with Crippen LogP contribution in [0.4, 0.5) is 18.9 Å². The first-order chi connectivity index (χ1) is 10.2. The van der Waals surface area contributed by atoms with E-state index in [1.165, 1.54) is 6.92 Å². The van der Waals surface area contributed by atoms with Gasteiger partial charge in [0.2, 0.25) is 5.91 Å². The molecular formula is C15H14F3N3O. The zero-order chi connectivity index (χ0) is 16.5. The second-order valence-electron chi connectivity index (χ2n) is 5.42. The van der Waals surface area contributed by atoms with E-state index in [4.69, 9.17) is 5.26 Å². The Balaban J connectivity index is 2.11. The molecule has 0 radical (unpaired) electrons. The third kappa shape index (κ3) is 3.06. The number of carbonyl (C=O) groups excluding carboxylic acids is 1. The predicted molar refractivity (Wildman–Crippen MR) is 74.8 cm³/mol. The molecule has 116 valence electrons. The number of hydrogen-bond donors (Lipinski definition) is 2. The van der Waals surface area contributed by atoms with Crippen LogP contribution in [-0.4, -0.2) is 17.6 Å². The van der Waals surface area contributed by atoms with Crippen LogP contribution >= 0.6 is 0 Å². The molecule has 0 saturated carbocycles. The molecule has 1 aliphatic rings. The van der Waals surface area contributed by atoms with Crippen LogP contribution in [0.25, 0.3) is 0 Å². The van der Waals surface area contributed by atoms with Gasteiger partial charge in [-0.15, -0.1) is 0 Å². The average Bonchev–Trinajstić information content (AvgIpc) is 2.83. The van der Waals surface area contributed by atoms with Crippen molar-refractivity contribution in [1.29, 1.82) is 5.26 Å². The number of nitrogens with zero attached hydrogens (tertiary/aromatic N) is 1. The van der Waals surface area contributed by atoms with Crippen molar-refractivity contribution in [3.05, 3.63) is 41.1 Å². The van der Waals surface area contributed by atoms with Crippen molar-refractivity contribution in [2.45, 2.75) is 32.0 Å². The van der Waals surface area contributed by atoms with Crippen molar-refractivity contribution in [2.24, 2.45) is 0 Å². The molecule has 22 heavy (non-hydrogen) atoms. The minimum atomic E-state index is -4.45. The Morgan fingerprint density at radius 3 is 2.64 bits per heavy atom. The van der Waals surface area contributed by atoms with Gasteiger partial charge in [0.1, 0.15) is 5.54 Å². The summed E-state index contributed by atoms with van der Waals surface area (Å²) in [5, 5.41) is 13.9. The summed E-state index contributed by atoms with van der Waals surface area (Å²) in [5.41, 5.74) is -0.526. The smallest absolute Gasteiger partial charge is 0.377 e. The van der Waals surface area contributed by atoms with Crippen molar-refractivity contribution in [1.82, 2.24) is 5.32 Å². The second kappa shape index (κ2) is 5.37. The molecule has 1 aliphatic heterocycles. The molecule has 4 nitrogen and oxygen atoms in total. The molecule has 1 atom stereocenters. The quantitative estimate of drug-likeness (QED) is 0.882. The van der Waals surface area contributed by atoms with Gasteiger partial charge in [0.25, 0.3) is 0 Å². The second-order valence-corrected chi connectivity index (χ2v) is 5.42. The number of anilines is 1. The first-order valence-corrected chi connectivity index (χ1v) is 6.52. The minimum absolute atomic E-state index is 0.433. The molecule has 0 spiro atoms. The molecule has 7 heteroatoms. The lowest BCUT2D eigenvalue weighted by Gasteiger charge is -2.24. The number of rotatable bonds is 2. The van der Waals surface area contributed by atoms with Crippen molar-refractivity contribution >= 4 is 11.6 Å². The lowest BCUT2D eigenvalue weighted by molar-refractivity contribution is -0.121. The van der Waals surface area contributed by atoms with Gasteiger partial charge in [0.15, 0.2) is 0 Å². The van der Waals surface area contributed by atoms with Crippen molar-refractivity contribution < 1.29 is 18.0 Å². The highest BCUT2D eigenvalue weighted by Crippen LogP contribution is 2.35. The molecule has 1 amide bonds. The number of aryl methyl sites for hydroxylation is 1. The number of alkyl halides is 3. The summed E-state index contributed by atoms with van der Waals surface area (Å²) < 4.78 is 38.0. The molecule has 0 aromatic heterocycles. The Kier molecular flexibility index (Phi) is 3.88. The Morgan fingerprint density at radius 1 is 1.45 bits per heavy atom. The van der Waals surface area contributed by atoms with Crippen LogP contribution in [0.3, 0.4) is 0 Å². The number of amides is 1. The van der Waals surface area contributed by atoms with Crippen LogP contribution < -0.4 is 10.6 Å². The van der Waals surface area contributed by atoms with Crippen molar-refractivity contribution in [3.63, 3.8) is 0 Å². The molecule has 2 rings (SSSR count). The molecule has 0 fully saturated rings. The Bertz CT molecular complexity index is 688. The number of carbonyl (C=O) groups is 1. The van der Waals surface area contributed by atoms with Gasteiger partial charge in [0.05, 0.1) is 17.2 Å². The maximum atomic E-state index is 12.7. The monoisotopic (exact) mass is 309 g/mol. The van der Waals surface area contributed by atoms with Crippen LogP contribution in [0.2, 0.25) is 0 Å². The molecule has 1 unspecified atom stereocenters. The normalized spacial score (nSPS) is 20.8. The van der Waals surface area contributed by atoms with Gasteiger partial charge >= 0.3 is 6.18 Å². The number of nitrogens with one attached hydrogen (secondary N) is 2. The van der Waals surface area contributed by atoms with E-state index in [2.05, 4.69) is 10.6 Å². The van der Waals surface area contributed by atoms with E-state index < -0.39 is 29.6 Å². The van der Waals surface area contributed by atoms with Crippen molar-refractivity contribution in [2.75, 3.05) is 5.32 Å². The van der Waals surface area contributed by atoms with Gasteiger partial charge in [-0.1, -0.05) is 0 Å². The molecule has 0 aliphatic carbocycles. The minimum Gasteiger partial charge on any atom is -0.377 e. The van der Waals surface area contributed by atoms with Crippen LogP contribution in [0.5, 0.6) is 0 Å². The zero-order valence-corrected chi connectivity index (χ0v) is 12.0. The fourth-order valence-corrected chi connectivity index (χ4v) is 2.19. The summed E-state index contributed by atoms with van der Waals surface area (Å²) in [6.07, 6.45) is -4.04. The molecular weight excluding hydrogens is 295 g/mol. The summed E-state index contributed by atoms with van der Waals surface area (Å²) >= 11 is 0. The van der Waals surface area contributed by atoms with Gasteiger partial charge in [-0.05, 0) is 37.6 Å².